The molecule has 2 aromatic rings. The minimum atomic E-state index is -0.0586. The second-order valence-electron chi connectivity index (χ2n) is 7.55. The van der Waals surface area contributed by atoms with E-state index in [4.69, 9.17) is 4.99 Å². The van der Waals surface area contributed by atoms with Crippen molar-refractivity contribution in [1.82, 2.24) is 25.1 Å². The van der Waals surface area contributed by atoms with Crippen LogP contribution in [0.5, 0.6) is 0 Å². The fourth-order valence-electron chi connectivity index (χ4n) is 3.82. The molecule has 2 unspecified atom stereocenters. The van der Waals surface area contributed by atoms with Crippen molar-refractivity contribution in [3.8, 4) is 0 Å². The summed E-state index contributed by atoms with van der Waals surface area (Å²) in [4.78, 5) is 23.3. The van der Waals surface area contributed by atoms with E-state index in [1.54, 1.807) is 7.05 Å². The number of benzene rings is 1. The standard InChI is InChI=1S/C22H32N6O/c1-4-25-22(26-10-8-18-6-5-7-19(14-18)21(29)23-3)27-12-9-17(2)20(15-27)28-13-11-24-16-28/h5-7,11,13-14,16-17,20H,4,8-10,12,15H2,1-3H3,(H,23,29)(H,25,26). The Morgan fingerprint density at radius 1 is 1.38 bits per heavy atom. The molecule has 0 spiro atoms. The summed E-state index contributed by atoms with van der Waals surface area (Å²) in [5.74, 6) is 1.51. The van der Waals surface area contributed by atoms with E-state index in [2.05, 4.69) is 38.9 Å². The first-order chi connectivity index (χ1) is 14.1. The van der Waals surface area contributed by atoms with Gasteiger partial charge in [0.1, 0.15) is 0 Å². The molecule has 0 saturated carbocycles. The summed E-state index contributed by atoms with van der Waals surface area (Å²) in [6.07, 6.45) is 7.73. The van der Waals surface area contributed by atoms with Crippen LogP contribution in [0.2, 0.25) is 0 Å². The van der Waals surface area contributed by atoms with Crippen LogP contribution in [-0.4, -0.2) is 59.5 Å². The van der Waals surface area contributed by atoms with E-state index in [0.717, 1.165) is 44.0 Å². The molecular weight excluding hydrogens is 364 g/mol. The summed E-state index contributed by atoms with van der Waals surface area (Å²) in [5.41, 5.74) is 1.81. The second-order valence-corrected chi connectivity index (χ2v) is 7.55. The summed E-state index contributed by atoms with van der Waals surface area (Å²) in [6.45, 7) is 7.86. The van der Waals surface area contributed by atoms with Crippen LogP contribution in [0.4, 0.5) is 0 Å². The summed E-state index contributed by atoms with van der Waals surface area (Å²) in [6, 6.07) is 8.15. The lowest BCUT2D eigenvalue weighted by atomic mass is 9.93. The predicted molar refractivity (Wildman–Crippen MR) is 116 cm³/mol. The molecule has 2 N–H and O–H groups in total. The molecule has 29 heavy (non-hydrogen) atoms. The molecule has 7 nitrogen and oxygen atoms in total. The highest BCUT2D eigenvalue weighted by Gasteiger charge is 2.28. The molecule has 1 amide bonds. The Labute approximate surface area is 173 Å². The highest BCUT2D eigenvalue weighted by Crippen LogP contribution is 2.27. The number of hydrogen-bond donors (Lipinski definition) is 2. The minimum absolute atomic E-state index is 0.0586. The Morgan fingerprint density at radius 3 is 2.97 bits per heavy atom. The van der Waals surface area contributed by atoms with Crippen molar-refractivity contribution >= 4 is 11.9 Å². The van der Waals surface area contributed by atoms with Crippen molar-refractivity contribution in [3.63, 3.8) is 0 Å². The van der Waals surface area contributed by atoms with E-state index in [-0.39, 0.29) is 5.91 Å². The van der Waals surface area contributed by atoms with E-state index in [9.17, 15) is 4.79 Å². The number of carbonyl (C=O) groups excluding carboxylic acids is 1. The van der Waals surface area contributed by atoms with Crippen molar-refractivity contribution in [1.29, 1.82) is 0 Å². The van der Waals surface area contributed by atoms with Crippen molar-refractivity contribution in [2.45, 2.75) is 32.7 Å². The topological polar surface area (TPSA) is 74.6 Å². The molecule has 7 heteroatoms. The molecule has 1 aromatic carbocycles. The van der Waals surface area contributed by atoms with Gasteiger partial charge in [-0.25, -0.2) is 4.98 Å². The number of likely N-dealkylation sites (tertiary alicyclic amines) is 1. The Bertz CT molecular complexity index is 816. The number of guanidine groups is 1. The van der Waals surface area contributed by atoms with Crippen molar-refractivity contribution in [3.05, 3.63) is 54.1 Å². The van der Waals surface area contributed by atoms with Crippen LogP contribution in [-0.2, 0) is 6.42 Å². The summed E-state index contributed by atoms with van der Waals surface area (Å²) < 4.78 is 2.21. The molecule has 2 atom stereocenters. The normalized spacial score (nSPS) is 19.8. The molecule has 2 heterocycles. The first-order valence-electron chi connectivity index (χ1n) is 10.4. The molecule has 1 fully saturated rings. The first-order valence-corrected chi connectivity index (χ1v) is 10.4. The number of hydrogen-bond acceptors (Lipinski definition) is 3. The predicted octanol–water partition coefficient (Wildman–Crippen LogP) is 2.33. The monoisotopic (exact) mass is 396 g/mol. The number of amides is 1. The number of nitrogens with one attached hydrogen (secondary N) is 2. The zero-order chi connectivity index (χ0) is 20.6. The van der Waals surface area contributed by atoms with Crippen molar-refractivity contribution in [2.24, 2.45) is 10.9 Å². The Balaban J connectivity index is 1.66. The van der Waals surface area contributed by atoms with Crippen LogP contribution in [0.15, 0.2) is 48.0 Å². The van der Waals surface area contributed by atoms with Crippen molar-refractivity contribution in [2.75, 3.05) is 33.2 Å². The quantitative estimate of drug-likeness (QED) is 0.581. The third-order valence-corrected chi connectivity index (χ3v) is 5.54. The number of imidazole rings is 1. The maximum absolute atomic E-state index is 11.8. The van der Waals surface area contributed by atoms with Crippen LogP contribution in [0.1, 0.15) is 42.2 Å². The maximum atomic E-state index is 11.8. The minimum Gasteiger partial charge on any atom is -0.357 e. The zero-order valence-corrected chi connectivity index (χ0v) is 17.6. The summed E-state index contributed by atoms with van der Waals surface area (Å²) in [7, 11) is 1.65. The lowest BCUT2D eigenvalue weighted by molar-refractivity contribution is 0.0963. The third kappa shape index (κ3) is 5.37. The number of piperidine rings is 1. The average Bonchev–Trinajstić information content (AvgIpc) is 3.28. The van der Waals surface area contributed by atoms with Gasteiger partial charge in [-0.2, -0.15) is 0 Å². The zero-order valence-electron chi connectivity index (χ0n) is 17.6. The molecule has 156 valence electrons. The average molecular weight is 397 g/mol. The molecular formula is C22H32N6O. The van der Waals surface area contributed by atoms with E-state index in [1.165, 1.54) is 0 Å². The Morgan fingerprint density at radius 2 is 2.24 bits per heavy atom. The largest absolute Gasteiger partial charge is 0.357 e. The highest BCUT2D eigenvalue weighted by atomic mass is 16.1. The van der Waals surface area contributed by atoms with E-state index in [0.29, 0.717) is 24.1 Å². The van der Waals surface area contributed by atoms with E-state index < -0.39 is 0 Å². The van der Waals surface area contributed by atoms with Gasteiger partial charge in [0, 0.05) is 51.2 Å². The summed E-state index contributed by atoms with van der Waals surface area (Å²) >= 11 is 0. The fraction of sp³-hybridized carbons (Fsp3) is 0.500. The van der Waals surface area contributed by atoms with Gasteiger partial charge in [-0.3, -0.25) is 9.79 Å². The molecule has 1 aliphatic rings. The van der Waals surface area contributed by atoms with Gasteiger partial charge in [-0.1, -0.05) is 19.1 Å². The van der Waals surface area contributed by atoms with Crippen LogP contribution >= 0.6 is 0 Å². The third-order valence-electron chi connectivity index (χ3n) is 5.54. The van der Waals surface area contributed by atoms with Gasteiger partial charge in [-0.05, 0) is 43.4 Å². The van der Waals surface area contributed by atoms with E-state index in [1.807, 2.05) is 43.0 Å². The van der Waals surface area contributed by atoms with Crippen LogP contribution in [0.25, 0.3) is 0 Å². The SMILES string of the molecule is CCNC(=NCCc1cccc(C(=O)NC)c1)N1CCC(C)C(n2ccnc2)C1. The lowest BCUT2D eigenvalue weighted by Crippen LogP contribution is -2.49. The second kappa shape index (κ2) is 10.1. The smallest absolute Gasteiger partial charge is 0.251 e. The van der Waals surface area contributed by atoms with Crippen molar-refractivity contribution < 1.29 is 4.79 Å². The molecule has 0 bridgehead atoms. The lowest BCUT2D eigenvalue weighted by Gasteiger charge is -2.39. The summed E-state index contributed by atoms with van der Waals surface area (Å²) in [5, 5.41) is 6.12. The van der Waals surface area contributed by atoms with Gasteiger partial charge in [0.2, 0.25) is 0 Å². The number of carbonyl (C=O) groups is 1. The Kier molecular flexibility index (Phi) is 7.27. The van der Waals surface area contributed by atoms with Gasteiger partial charge in [0.25, 0.3) is 5.91 Å². The molecule has 1 saturated heterocycles. The Hall–Kier alpha value is -2.83. The molecule has 0 aliphatic carbocycles. The van der Waals surface area contributed by atoms with Gasteiger partial charge < -0.3 is 20.1 Å². The molecule has 1 aromatic heterocycles. The van der Waals surface area contributed by atoms with E-state index >= 15 is 0 Å². The molecule has 0 radical (unpaired) electrons. The van der Waals surface area contributed by atoms with Gasteiger partial charge >= 0.3 is 0 Å². The van der Waals surface area contributed by atoms with Gasteiger partial charge in [-0.15, -0.1) is 0 Å². The van der Waals surface area contributed by atoms with Crippen LogP contribution in [0.3, 0.4) is 0 Å². The maximum Gasteiger partial charge on any atom is 0.251 e. The number of aliphatic imine (C=N–C) groups is 1. The molecule has 1 aliphatic heterocycles. The number of aromatic nitrogens is 2. The van der Waals surface area contributed by atoms with Gasteiger partial charge in [0.05, 0.1) is 12.4 Å². The fourth-order valence-corrected chi connectivity index (χ4v) is 3.82. The highest BCUT2D eigenvalue weighted by molar-refractivity contribution is 5.94. The van der Waals surface area contributed by atoms with Crippen LogP contribution < -0.4 is 10.6 Å². The molecule has 3 rings (SSSR count). The van der Waals surface area contributed by atoms with Gasteiger partial charge in [0.15, 0.2) is 5.96 Å². The number of nitrogens with zero attached hydrogens (tertiary/aromatic N) is 4. The number of rotatable bonds is 6. The first kappa shape index (κ1) is 20.9. The van der Waals surface area contributed by atoms with Crippen LogP contribution in [0, 0.1) is 5.92 Å².